The number of benzene rings is 1. The van der Waals surface area contributed by atoms with Gasteiger partial charge in [0.05, 0.1) is 17.3 Å². The van der Waals surface area contributed by atoms with Gasteiger partial charge in [-0.3, -0.25) is 0 Å². The van der Waals surface area contributed by atoms with Gasteiger partial charge in [0.1, 0.15) is 17.7 Å². The first-order valence-electron chi connectivity index (χ1n) is 16.2. The lowest BCUT2D eigenvalue weighted by atomic mass is 9.90. The minimum atomic E-state index is -0.470. The molecule has 0 spiro atoms. The van der Waals surface area contributed by atoms with Crippen molar-refractivity contribution in [3.63, 3.8) is 0 Å². The highest BCUT2D eigenvalue weighted by Gasteiger charge is 2.28. The number of hydrogen-bond donors (Lipinski definition) is 0. The number of aromatic nitrogens is 2. The molecule has 0 bridgehead atoms. The molecule has 0 radical (unpaired) electrons. The third-order valence-electron chi connectivity index (χ3n) is 7.29. The first kappa shape index (κ1) is 37.6. The van der Waals surface area contributed by atoms with Crippen molar-refractivity contribution in [2.24, 2.45) is 5.92 Å². The molecule has 1 aromatic heterocycles. The fraction of sp³-hybridized carbons (Fsp3) is 0.611. The lowest BCUT2D eigenvalue weighted by Gasteiger charge is -2.37. The molecule has 7 heteroatoms. The zero-order chi connectivity index (χ0) is 32.4. The van der Waals surface area contributed by atoms with Crippen molar-refractivity contribution in [3.8, 4) is 6.07 Å². The minimum Gasteiger partial charge on any atom is -0.444 e. The highest BCUT2D eigenvalue weighted by molar-refractivity contribution is 5.77. The van der Waals surface area contributed by atoms with Crippen molar-refractivity contribution in [2.45, 2.75) is 113 Å². The second-order valence-corrected chi connectivity index (χ2v) is 12.1. The summed E-state index contributed by atoms with van der Waals surface area (Å²) in [6.45, 7) is 23.5. The van der Waals surface area contributed by atoms with Crippen LogP contribution in [0, 0.1) is 24.2 Å². The average molecular weight is 592 g/mol. The van der Waals surface area contributed by atoms with E-state index in [1.54, 1.807) is 11.2 Å². The molecule has 1 saturated heterocycles. The molecule has 2 aromatic rings. The molecule has 1 aliphatic heterocycles. The number of carbonyl (C=O) groups is 1. The Morgan fingerprint density at radius 2 is 1.72 bits per heavy atom. The zero-order valence-electron chi connectivity index (χ0n) is 28.7. The van der Waals surface area contributed by atoms with Crippen LogP contribution < -0.4 is 4.90 Å². The van der Waals surface area contributed by atoms with Gasteiger partial charge in [0.2, 0.25) is 0 Å². The van der Waals surface area contributed by atoms with Gasteiger partial charge in [0.25, 0.3) is 0 Å². The molecule has 43 heavy (non-hydrogen) atoms. The van der Waals surface area contributed by atoms with Crippen LogP contribution in [0.15, 0.2) is 36.7 Å². The number of nitrogens with zero attached hydrogens (tertiary/aromatic N) is 5. The van der Waals surface area contributed by atoms with E-state index in [4.69, 9.17) is 10.00 Å². The highest BCUT2D eigenvalue weighted by atomic mass is 16.6. The lowest BCUT2D eigenvalue weighted by Crippen LogP contribution is -2.50. The molecule has 1 aromatic carbocycles. The first-order valence-corrected chi connectivity index (χ1v) is 16.2. The number of anilines is 1. The van der Waals surface area contributed by atoms with Gasteiger partial charge in [0.15, 0.2) is 0 Å². The van der Waals surface area contributed by atoms with E-state index in [0.717, 1.165) is 55.0 Å². The number of nitriles is 1. The van der Waals surface area contributed by atoms with E-state index in [-0.39, 0.29) is 6.09 Å². The van der Waals surface area contributed by atoms with Gasteiger partial charge >= 0.3 is 6.09 Å². The minimum absolute atomic E-state index is 0.241. The van der Waals surface area contributed by atoms with Crippen LogP contribution in [0.5, 0.6) is 0 Å². The summed E-state index contributed by atoms with van der Waals surface area (Å²) < 4.78 is 5.50. The van der Waals surface area contributed by atoms with Gasteiger partial charge in [-0.1, -0.05) is 78.5 Å². The molecule has 1 atom stereocenters. The first-order chi connectivity index (χ1) is 20.5. The maximum atomic E-state index is 12.3. The maximum Gasteiger partial charge on any atom is 0.410 e. The second-order valence-electron chi connectivity index (χ2n) is 12.1. The van der Waals surface area contributed by atoms with E-state index in [2.05, 4.69) is 74.6 Å². The molecule has 0 aliphatic carbocycles. The number of carbonyl (C=O) groups excluding carboxylic acids is 1. The van der Waals surface area contributed by atoms with Crippen LogP contribution in [-0.4, -0.2) is 52.7 Å². The summed E-state index contributed by atoms with van der Waals surface area (Å²) in [5.74, 6) is 1.42. The number of hydrogen-bond acceptors (Lipinski definition) is 6. The number of aryl methyl sites for hydroxylation is 2. The Hall–Kier alpha value is -3.40. The molecule has 0 N–H and O–H groups in total. The molecule has 3 rings (SSSR count). The van der Waals surface area contributed by atoms with Gasteiger partial charge in [-0.25, -0.2) is 14.8 Å². The highest BCUT2D eigenvalue weighted by Crippen LogP contribution is 2.34. The third kappa shape index (κ3) is 13.2. The molecule has 1 amide bonds. The number of unbranched alkanes of at least 4 members (excludes halogenated alkanes) is 2. The van der Waals surface area contributed by atoms with Gasteiger partial charge in [-0.05, 0) is 76.6 Å². The number of allylic oxidation sites excluding steroid dienone is 2. The van der Waals surface area contributed by atoms with Gasteiger partial charge in [0, 0.05) is 31.7 Å². The standard InChI is InChI=1S/C21H34N4O2.C10H11N.C5H12/c1-8-15(3)17(9-2)18-16(4)22-14-23-19(18)24-10-12-25(13-11-24)20(26)27-21(5,6)7;1-2-4-9-5-3-6-10(7-9)8-11;1-3-5-4-2/h9,14-15H,8,10-13H2,1-7H3;3,5-7H,2,4H2,1H3;3-5H2,1-2H3/b17-9-;;. The molecule has 7 nitrogen and oxygen atoms in total. The van der Waals surface area contributed by atoms with Gasteiger partial charge in [-0.2, -0.15) is 5.26 Å². The van der Waals surface area contributed by atoms with Crippen molar-refractivity contribution in [3.05, 3.63) is 59.1 Å². The van der Waals surface area contributed by atoms with Crippen molar-refractivity contribution in [1.29, 1.82) is 5.26 Å². The van der Waals surface area contributed by atoms with Crippen molar-refractivity contribution in [1.82, 2.24) is 14.9 Å². The summed E-state index contributed by atoms with van der Waals surface area (Å²) in [7, 11) is 0. The summed E-state index contributed by atoms with van der Waals surface area (Å²) >= 11 is 0. The maximum absolute atomic E-state index is 12.3. The topological polar surface area (TPSA) is 82.3 Å². The van der Waals surface area contributed by atoms with Crippen LogP contribution in [0.4, 0.5) is 10.6 Å². The molecular weight excluding hydrogens is 534 g/mol. The lowest BCUT2D eigenvalue weighted by molar-refractivity contribution is 0.0240. The number of ether oxygens (including phenoxy) is 1. The van der Waals surface area contributed by atoms with Gasteiger partial charge in [-0.15, -0.1) is 0 Å². The van der Waals surface area contributed by atoms with Crippen LogP contribution >= 0.6 is 0 Å². The molecule has 1 aliphatic rings. The predicted molar refractivity (Wildman–Crippen MR) is 180 cm³/mol. The molecule has 2 heterocycles. The van der Waals surface area contributed by atoms with Crippen LogP contribution in [0.3, 0.4) is 0 Å². The van der Waals surface area contributed by atoms with Crippen LogP contribution in [0.25, 0.3) is 5.57 Å². The van der Waals surface area contributed by atoms with E-state index in [9.17, 15) is 4.79 Å². The third-order valence-corrected chi connectivity index (χ3v) is 7.29. The quantitative estimate of drug-likeness (QED) is 0.305. The SMILES string of the molecule is C/C=C(\c1c(C)ncnc1N1CCN(C(=O)OC(C)(C)C)CC1)C(C)CC.CCCCC.CCCc1cccc(C#N)c1. The number of rotatable bonds is 8. The van der Waals surface area contributed by atoms with Crippen molar-refractivity contribution >= 4 is 17.5 Å². The Kier molecular flexibility index (Phi) is 17.3. The van der Waals surface area contributed by atoms with Gasteiger partial charge < -0.3 is 14.5 Å². The fourth-order valence-electron chi connectivity index (χ4n) is 4.80. The van der Waals surface area contributed by atoms with Crippen LogP contribution in [0.2, 0.25) is 0 Å². The van der Waals surface area contributed by atoms with E-state index in [1.807, 2.05) is 45.9 Å². The summed E-state index contributed by atoms with van der Waals surface area (Å²) in [5, 5.41) is 8.58. The Morgan fingerprint density at radius 3 is 2.21 bits per heavy atom. The van der Waals surface area contributed by atoms with E-state index in [1.165, 1.54) is 30.4 Å². The molecule has 238 valence electrons. The zero-order valence-corrected chi connectivity index (χ0v) is 28.7. The Labute approximate surface area is 262 Å². The normalized spacial score (nSPS) is 14.0. The summed E-state index contributed by atoms with van der Waals surface area (Å²) in [6.07, 6.45) is 10.9. The summed E-state index contributed by atoms with van der Waals surface area (Å²) in [6, 6.07) is 9.90. The number of piperazine rings is 1. The summed E-state index contributed by atoms with van der Waals surface area (Å²) in [4.78, 5) is 25.4. The van der Waals surface area contributed by atoms with E-state index in [0.29, 0.717) is 19.0 Å². The second kappa shape index (κ2) is 19.7. The van der Waals surface area contributed by atoms with Crippen molar-refractivity contribution in [2.75, 3.05) is 31.1 Å². The van der Waals surface area contributed by atoms with Crippen LogP contribution in [-0.2, 0) is 11.2 Å². The number of amides is 1. The Bertz CT molecular complexity index is 1170. The average Bonchev–Trinajstić information content (AvgIpc) is 2.98. The van der Waals surface area contributed by atoms with Crippen LogP contribution in [0.1, 0.15) is 117 Å². The molecule has 1 unspecified atom stereocenters. The Morgan fingerprint density at radius 1 is 1.07 bits per heavy atom. The largest absolute Gasteiger partial charge is 0.444 e. The smallest absolute Gasteiger partial charge is 0.410 e. The van der Waals surface area contributed by atoms with E-state index >= 15 is 0 Å². The molecule has 0 saturated carbocycles. The monoisotopic (exact) mass is 591 g/mol. The predicted octanol–water partition coefficient (Wildman–Crippen LogP) is 9.00. The fourth-order valence-corrected chi connectivity index (χ4v) is 4.80. The van der Waals surface area contributed by atoms with Crippen molar-refractivity contribution < 1.29 is 9.53 Å². The summed E-state index contributed by atoms with van der Waals surface area (Å²) in [5.41, 5.74) is 4.98. The van der Waals surface area contributed by atoms with E-state index < -0.39 is 5.60 Å². The Balaban J connectivity index is 0.000000473. The molecule has 1 fully saturated rings. The molecular formula is C36H57N5O2.